The molecule has 0 aliphatic carbocycles. The first kappa shape index (κ1) is 26.0. The quantitative estimate of drug-likeness (QED) is 0.379. The number of carbonyl (C=O) groups excluding carboxylic acids is 1. The van der Waals surface area contributed by atoms with Crippen molar-refractivity contribution >= 4 is 21.8 Å². The molecule has 3 aromatic rings. The molecule has 2 aromatic carbocycles. The van der Waals surface area contributed by atoms with Gasteiger partial charge in [0.1, 0.15) is 23.4 Å². The summed E-state index contributed by atoms with van der Waals surface area (Å²) in [6.07, 6.45) is 4.57. The topological polar surface area (TPSA) is 66.7 Å². The Balaban J connectivity index is 1.06. The number of carbonyl (C=O) groups is 1. The van der Waals surface area contributed by atoms with Gasteiger partial charge in [-0.15, -0.1) is 0 Å². The van der Waals surface area contributed by atoms with Crippen LogP contribution in [-0.2, 0) is 17.8 Å². The average Bonchev–Trinajstić information content (AvgIpc) is 3.36. The number of ether oxygens (including phenoxy) is 1. The molecule has 1 aromatic heterocycles. The highest BCUT2D eigenvalue weighted by Gasteiger charge is 2.22. The molecule has 2 N–H and O–H groups in total. The Labute approximate surface area is 227 Å². The van der Waals surface area contributed by atoms with Crippen LogP contribution in [0.3, 0.4) is 0 Å². The van der Waals surface area contributed by atoms with Gasteiger partial charge in [0, 0.05) is 31.2 Å². The Morgan fingerprint density at radius 1 is 1.08 bits per heavy atom. The van der Waals surface area contributed by atoms with Crippen molar-refractivity contribution in [2.45, 2.75) is 57.7 Å². The van der Waals surface area contributed by atoms with E-state index in [1.165, 1.54) is 5.56 Å². The normalized spacial score (nSPS) is 17.6. The Morgan fingerprint density at radius 3 is 2.62 bits per heavy atom. The highest BCUT2D eigenvalue weighted by Crippen LogP contribution is 2.29. The average molecular weight is 567 g/mol. The first-order valence-corrected chi connectivity index (χ1v) is 14.1. The number of benzene rings is 2. The molecule has 0 spiro atoms. The van der Waals surface area contributed by atoms with Crippen LogP contribution in [0.15, 0.2) is 63.5 Å². The van der Waals surface area contributed by atoms with Gasteiger partial charge in [0.15, 0.2) is 0 Å². The number of furan rings is 1. The Hall–Kier alpha value is -2.61. The van der Waals surface area contributed by atoms with E-state index in [9.17, 15) is 4.79 Å². The fourth-order valence-electron chi connectivity index (χ4n) is 5.23. The van der Waals surface area contributed by atoms with Crippen molar-refractivity contribution in [3.63, 3.8) is 0 Å². The summed E-state index contributed by atoms with van der Waals surface area (Å²) in [6, 6.07) is 18.6. The minimum absolute atomic E-state index is 0.0254. The van der Waals surface area contributed by atoms with Gasteiger partial charge in [0.05, 0.1) is 10.9 Å². The Bertz CT molecular complexity index is 1200. The van der Waals surface area contributed by atoms with E-state index in [-0.39, 0.29) is 18.4 Å². The lowest BCUT2D eigenvalue weighted by molar-refractivity contribution is -0.121. The zero-order valence-electron chi connectivity index (χ0n) is 21.5. The van der Waals surface area contributed by atoms with Crippen LogP contribution >= 0.6 is 15.9 Å². The van der Waals surface area contributed by atoms with E-state index < -0.39 is 0 Å². The molecule has 2 fully saturated rings. The molecule has 0 unspecified atom stereocenters. The molecule has 2 aliphatic rings. The number of hydrogen-bond donors (Lipinski definition) is 2. The van der Waals surface area contributed by atoms with Gasteiger partial charge in [-0.1, -0.05) is 30.3 Å². The molecule has 7 heteroatoms. The van der Waals surface area contributed by atoms with Crippen molar-refractivity contribution in [2.24, 2.45) is 0 Å². The standard InChI is InChI=1S/C30H36BrN3O3/c1-21-4-2-3-5-26(21)28-9-7-25(37-28)19-30(35)33-23-12-16-34(17-13-23)20-22-6-8-29(27(31)18-22)36-24-10-14-32-15-11-24/h2-9,18,23-24,32H,10-17,19-20H2,1H3,(H,33,35). The van der Waals surface area contributed by atoms with E-state index in [4.69, 9.17) is 9.15 Å². The predicted octanol–water partition coefficient (Wildman–Crippen LogP) is 5.47. The van der Waals surface area contributed by atoms with E-state index in [0.717, 1.165) is 85.5 Å². The lowest BCUT2D eigenvalue weighted by Crippen LogP contribution is -2.44. The third-order valence-corrected chi connectivity index (χ3v) is 7.96. The van der Waals surface area contributed by atoms with Crippen molar-refractivity contribution in [1.82, 2.24) is 15.5 Å². The molecule has 1 amide bonds. The number of amides is 1. The van der Waals surface area contributed by atoms with Crippen molar-refractivity contribution in [2.75, 3.05) is 26.2 Å². The number of nitrogens with one attached hydrogen (secondary N) is 2. The van der Waals surface area contributed by atoms with E-state index >= 15 is 0 Å². The summed E-state index contributed by atoms with van der Waals surface area (Å²) in [7, 11) is 0. The number of aryl methyl sites for hydroxylation is 1. The Morgan fingerprint density at radius 2 is 1.86 bits per heavy atom. The second kappa shape index (κ2) is 12.3. The number of halogens is 1. The van der Waals surface area contributed by atoms with Gasteiger partial charge in [-0.25, -0.2) is 0 Å². The van der Waals surface area contributed by atoms with Gasteiger partial charge in [0.2, 0.25) is 5.91 Å². The molecular weight excluding hydrogens is 530 g/mol. The van der Waals surface area contributed by atoms with Crippen LogP contribution in [0.2, 0.25) is 0 Å². The van der Waals surface area contributed by atoms with Gasteiger partial charge >= 0.3 is 0 Å². The smallest absolute Gasteiger partial charge is 0.227 e. The summed E-state index contributed by atoms with van der Waals surface area (Å²) in [5.41, 5.74) is 3.50. The molecule has 0 radical (unpaired) electrons. The minimum atomic E-state index is 0.0254. The summed E-state index contributed by atoms with van der Waals surface area (Å²) >= 11 is 3.71. The van der Waals surface area contributed by atoms with Crippen molar-refractivity contribution in [3.8, 4) is 17.1 Å². The van der Waals surface area contributed by atoms with Gasteiger partial charge in [0.25, 0.3) is 0 Å². The van der Waals surface area contributed by atoms with E-state index in [1.54, 1.807) is 0 Å². The molecule has 37 heavy (non-hydrogen) atoms. The van der Waals surface area contributed by atoms with Crippen LogP contribution in [-0.4, -0.2) is 49.1 Å². The zero-order chi connectivity index (χ0) is 25.6. The summed E-state index contributed by atoms with van der Waals surface area (Å²) in [5, 5.41) is 6.59. The molecule has 2 aliphatic heterocycles. The van der Waals surface area contributed by atoms with Crippen LogP contribution in [0, 0.1) is 6.92 Å². The first-order valence-electron chi connectivity index (χ1n) is 13.4. The van der Waals surface area contributed by atoms with Crippen LogP contribution < -0.4 is 15.4 Å². The zero-order valence-corrected chi connectivity index (χ0v) is 23.1. The van der Waals surface area contributed by atoms with Crippen molar-refractivity contribution in [1.29, 1.82) is 0 Å². The molecule has 6 nitrogen and oxygen atoms in total. The van der Waals surface area contributed by atoms with Crippen LogP contribution in [0.5, 0.6) is 5.75 Å². The molecule has 0 saturated carbocycles. The maximum atomic E-state index is 12.7. The minimum Gasteiger partial charge on any atom is -0.489 e. The second-order valence-corrected chi connectivity index (χ2v) is 11.1. The number of nitrogens with zero attached hydrogens (tertiary/aromatic N) is 1. The molecule has 5 rings (SSSR count). The summed E-state index contributed by atoms with van der Waals surface area (Å²) < 4.78 is 13.2. The predicted molar refractivity (Wildman–Crippen MR) is 150 cm³/mol. The van der Waals surface area contributed by atoms with Crippen molar-refractivity contribution in [3.05, 3.63) is 76.0 Å². The van der Waals surface area contributed by atoms with Crippen LogP contribution in [0.4, 0.5) is 0 Å². The largest absolute Gasteiger partial charge is 0.489 e. The van der Waals surface area contributed by atoms with E-state index in [2.05, 4.69) is 62.7 Å². The molecule has 196 valence electrons. The number of piperidine rings is 2. The lowest BCUT2D eigenvalue weighted by atomic mass is 10.0. The van der Waals surface area contributed by atoms with Gasteiger partial charge in [-0.3, -0.25) is 9.69 Å². The van der Waals surface area contributed by atoms with Gasteiger partial charge in [-0.05, 0) is 97.0 Å². The van der Waals surface area contributed by atoms with Gasteiger partial charge in [-0.2, -0.15) is 0 Å². The first-order chi connectivity index (χ1) is 18.0. The maximum absolute atomic E-state index is 12.7. The summed E-state index contributed by atoms with van der Waals surface area (Å²) in [5.74, 6) is 2.47. The number of rotatable bonds is 8. The SMILES string of the molecule is Cc1ccccc1-c1ccc(CC(=O)NC2CCN(Cc3ccc(OC4CCNCC4)c(Br)c3)CC2)o1. The van der Waals surface area contributed by atoms with E-state index in [1.807, 2.05) is 30.3 Å². The monoisotopic (exact) mass is 565 g/mol. The molecular formula is C30H36BrN3O3. The highest BCUT2D eigenvalue weighted by molar-refractivity contribution is 9.10. The van der Waals surface area contributed by atoms with Crippen molar-refractivity contribution < 1.29 is 13.9 Å². The number of hydrogen-bond acceptors (Lipinski definition) is 5. The fourth-order valence-corrected chi connectivity index (χ4v) is 5.75. The highest BCUT2D eigenvalue weighted by atomic mass is 79.9. The maximum Gasteiger partial charge on any atom is 0.227 e. The summed E-state index contributed by atoms with van der Waals surface area (Å²) in [6.45, 7) is 6.95. The molecule has 3 heterocycles. The van der Waals surface area contributed by atoms with E-state index in [0.29, 0.717) is 11.9 Å². The number of likely N-dealkylation sites (tertiary alicyclic amines) is 1. The molecule has 2 saturated heterocycles. The van der Waals surface area contributed by atoms with Gasteiger partial charge < -0.3 is 19.8 Å². The fraction of sp³-hybridized carbons (Fsp3) is 0.433. The van der Waals surface area contributed by atoms with Crippen LogP contribution in [0.25, 0.3) is 11.3 Å². The Kier molecular flexibility index (Phi) is 8.64. The third kappa shape index (κ3) is 7.03. The van der Waals surface area contributed by atoms with Crippen LogP contribution in [0.1, 0.15) is 42.6 Å². The lowest BCUT2D eigenvalue weighted by Gasteiger charge is -2.32. The second-order valence-electron chi connectivity index (χ2n) is 10.2. The molecule has 0 bridgehead atoms. The third-order valence-electron chi connectivity index (χ3n) is 7.34. The molecule has 0 atom stereocenters. The summed E-state index contributed by atoms with van der Waals surface area (Å²) in [4.78, 5) is 15.1.